The van der Waals surface area contributed by atoms with Crippen molar-refractivity contribution in [1.29, 1.82) is 0 Å². The fraction of sp³-hybridized carbons (Fsp3) is 0.700. The summed E-state index contributed by atoms with van der Waals surface area (Å²) in [5, 5.41) is 9.82. The minimum Gasteiger partial charge on any atom is -0.496 e. The van der Waals surface area contributed by atoms with Crippen LogP contribution in [0, 0.1) is 6.92 Å². The van der Waals surface area contributed by atoms with Crippen molar-refractivity contribution in [2.45, 2.75) is 63.7 Å². The third-order valence-electron chi connectivity index (χ3n) is 5.53. The maximum atomic E-state index is 9.82. The van der Waals surface area contributed by atoms with Gasteiger partial charge in [0.05, 0.1) is 25.9 Å². The van der Waals surface area contributed by atoms with Gasteiger partial charge in [0.2, 0.25) is 0 Å². The molecule has 3 rings (SSSR count). The molecule has 0 amide bonds. The number of hydrogen-bond donors (Lipinski definition) is 1. The Labute approximate surface area is 145 Å². The SMILES string of the molecule is COc1cc(CCO[C@H]2CCCC[C@H]2N2CC[C@@H](O)C2)ccc1C. The van der Waals surface area contributed by atoms with Gasteiger partial charge in [-0.3, -0.25) is 4.90 Å². The van der Waals surface area contributed by atoms with Crippen molar-refractivity contribution < 1.29 is 14.6 Å². The average molecular weight is 333 g/mol. The lowest BCUT2D eigenvalue weighted by Crippen LogP contribution is -2.46. The highest BCUT2D eigenvalue weighted by atomic mass is 16.5. The zero-order chi connectivity index (χ0) is 16.9. The third kappa shape index (κ3) is 4.29. The molecule has 24 heavy (non-hydrogen) atoms. The molecule has 0 bridgehead atoms. The molecule has 4 nitrogen and oxygen atoms in total. The molecule has 1 aromatic rings. The van der Waals surface area contributed by atoms with E-state index in [1.807, 2.05) is 0 Å². The minimum atomic E-state index is -0.146. The van der Waals surface area contributed by atoms with E-state index in [1.165, 1.54) is 30.4 Å². The van der Waals surface area contributed by atoms with E-state index in [0.717, 1.165) is 44.7 Å². The van der Waals surface area contributed by atoms with Crippen LogP contribution in [-0.2, 0) is 11.2 Å². The molecule has 0 spiro atoms. The Morgan fingerprint density at radius 2 is 2.04 bits per heavy atom. The highest BCUT2D eigenvalue weighted by Gasteiger charge is 2.34. The number of ether oxygens (including phenoxy) is 2. The molecule has 4 heteroatoms. The van der Waals surface area contributed by atoms with Gasteiger partial charge in [-0.1, -0.05) is 25.0 Å². The Morgan fingerprint density at radius 1 is 1.21 bits per heavy atom. The first-order valence-electron chi connectivity index (χ1n) is 9.34. The molecule has 134 valence electrons. The van der Waals surface area contributed by atoms with E-state index in [-0.39, 0.29) is 6.10 Å². The lowest BCUT2D eigenvalue weighted by atomic mass is 9.91. The van der Waals surface area contributed by atoms with Gasteiger partial charge in [0.15, 0.2) is 0 Å². The summed E-state index contributed by atoms with van der Waals surface area (Å²) in [6.45, 7) is 4.65. The number of aryl methyl sites for hydroxylation is 1. The van der Waals surface area contributed by atoms with E-state index >= 15 is 0 Å². The first-order chi connectivity index (χ1) is 11.7. The first-order valence-corrected chi connectivity index (χ1v) is 9.34. The van der Waals surface area contributed by atoms with Crippen LogP contribution in [-0.4, -0.2) is 55.1 Å². The van der Waals surface area contributed by atoms with Gasteiger partial charge < -0.3 is 14.6 Å². The van der Waals surface area contributed by atoms with Crippen LogP contribution in [0.4, 0.5) is 0 Å². The molecule has 0 radical (unpaired) electrons. The van der Waals surface area contributed by atoms with Gasteiger partial charge in [0.1, 0.15) is 5.75 Å². The zero-order valence-corrected chi connectivity index (χ0v) is 15.0. The van der Waals surface area contributed by atoms with Gasteiger partial charge in [0.25, 0.3) is 0 Å². The summed E-state index contributed by atoms with van der Waals surface area (Å²) in [7, 11) is 1.72. The van der Waals surface area contributed by atoms with Crippen LogP contribution in [0.25, 0.3) is 0 Å². The molecule has 0 aromatic heterocycles. The van der Waals surface area contributed by atoms with E-state index < -0.39 is 0 Å². The van der Waals surface area contributed by atoms with Crippen LogP contribution in [0.3, 0.4) is 0 Å². The highest BCUT2D eigenvalue weighted by molar-refractivity contribution is 5.36. The van der Waals surface area contributed by atoms with Crippen molar-refractivity contribution in [3.63, 3.8) is 0 Å². The lowest BCUT2D eigenvalue weighted by Gasteiger charge is -2.37. The standard InChI is InChI=1S/C20H31NO3/c1-15-7-8-16(13-20(15)23-2)10-12-24-19-6-4-3-5-18(19)21-11-9-17(22)14-21/h7-8,13,17-19,22H,3-6,9-12,14H2,1-2H3/t17-,18-,19+/m1/s1. The smallest absolute Gasteiger partial charge is 0.122 e. The summed E-state index contributed by atoms with van der Waals surface area (Å²) in [6, 6.07) is 6.89. The Kier molecular flexibility index (Phi) is 6.14. The molecule has 1 aromatic carbocycles. The highest BCUT2D eigenvalue weighted by Crippen LogP contribution is 2.28. The number of likely N-dealkylation sites (tertiary alicyclic amines) is 1. The fourth-order valence-electron chi connectivity index (χ4n) is 4.11. The van der Waals surface area contributed by atoms with Crippen molar-refractivity contribution in [2.24, 2.45) is 0 Å². The van der Waals surface area contributed by atoms with Crippen molar-refractivity contribution in [2.75, 3.05) is 26.8 Å². The summed E-state index contributed by atoms with van der Waals surface area (Å²) < 4.78 is 11.7. The third-order valence-corrected chi connectivity index (χ3v) is 5.53. The van der Waals surface area contributed by atoms with E-state index in [0.29, 0.717) is 12.1 Å². The van der Waals surface area contributed by atoms with Gasteiger partial charge in [0, 0.05) is 19.1 Å². The van der Waals surface area contributed by atoms with Crippen LogP contribution >= 0.6 is 0 Å². The second kappa shape index (κ2) is 8.32. The van der Waals surface area contributed by atoms with E-state index in [9.17, 15) is 5.11 Å². The average Bonchev–Trinajstić information content (AvgIpc) is 3.03. The number of benzene rings is 1. The summed E-state index contributed by atoms with van der Waals surface area (Å²) >= 11 is 0. The molecular formula is C20H31NO3. The second-order valence-corrected chi connectivity index (χ2v) is 7.25. The summed E-state index contributed by atoms with van der Waals surface area (Å²) in [5.74, 6) is 0.953. The topological polar surface area (TPSA) is 41.9 Å². The minimum absolute atomic E-state index is 0.146. The molecular weight excluding hydrogens is 302 g/mol. The Hall–Kier alpha value is -1.10. The number of aliphatic hydroxyl groups is 1. The van der Waals surface area contributed by atoms with Gasteiger partial charge in [-0.25, -0.2) is 0 Å². The Morgan fingerprint density at radius 3 is 2.79 bits per heavy atom. The molecule has 2 fully saturated rings. The lowest BCUT2D eigenvalue weighted by molar-refractivity contribution is -0.0316. The molecule has 1 heterocycles. The number of nitrogens with zero attached hydrogens (tertiary/aromatic N) is 1. The molecule has 3 atom stereocenters. The monoisotopic (exact) mass is 333 g/mol. The maximum absolute atomic E-state index is 9.82. The predicted molar refractivity (Wildman–Crippen MR) is 95.6 cm³/mol. The fourth-order valence-corrected chi connectivity index (χ4v) is 4.11. The summed E-state index contributed by atoms with van der Waals surface area (Å²) in [4.78, 5) is 2.45. The summed E-state index contributed by atoms with van der Waals surface area (Å²) in [6.07, 6.45) is 6.89. The molecule has 1 aliphatic carbocycles. The van der Waals surface area contributed by atoms with E-state index in [2.05, 4.69) is 30.0 Å². The number of methoxy groups -OCH3 is 1. The van der Waals surface area contributed by atoms with Gasteiger partial charge in [-0.05, 0) is 49.8 Å². The molecule has 1 saturated carbocycles. The maximum Gasteiger partial charge on any atom is 0.122 e. The van der Waals surface area contributed by atoms with E-state index in [1.54, 1.807) is 7.11 Å². The normalized spacial score (nSPS) is 28.2. The quantitative estimate of drug-likeness (QED) is 0.869. The van der Waals surface area contributed by atoms with Gasteiger partial charge in [-0.15, -0.1) is 0 Å². The molecule has 1 saturated heterocycles. The van der Waals surface area contributed by atoms with Gasteiger partial charge >= 0.3 is 0 Å². The zero-order valence-electron chi connectivity index (χ0n) is 15.0. The Balaban J connectivity index is 1.52. The van der Waals surface area contributed by atoms with Crippen molar-refractivity contribution >= 4 is 0 Å². The van der Waals surface area contributed by atoms with Crippen LogP contribution in [0.1, 0.15) is 43.2 Å². The van der Waals surface area contributed by atoms with Gasteiger partial charge in [-0.2, -0.15) is 0 Å². The van der Waals surface area contributed by atoms with Crippen molar-refractivity contribution in [3.05, 3.63) is 29.3 Å². The largest absolute Gasteiger partial charge is 0.496 e. The number of hydrogen-bond acceptors (Lipinski definition) is 4. The van der Waals surface area contributed by atoms with Crippen LogP contribution in [0.5, 0.6) is 5.75 Å². The molecule has 1 aliphatic heterocycles. The van der Waals surface area contributed by atoms with Crippen LogP contribution < -0.4 is 4.74 Å². The van der Waals surface area contributed by atoms with E-state index in [4.69, 9.17) is 9.47 Å². The Bertz CT molecular complexity index is 534. The number of rotatable bonds is 6. The number of aliphatic hydroxyl groups excluding tert-OH is 1. The summed E-state index contributed by atoms with van der Waals surface area (Å²) in [5.41, 5.74) is 2.43. The number of β-amino-alcohol motifs (C(OH)–C–C–N with tert-alkyl or cyclic N) is 1. The first kappa shape index (κ1) is 17.7. The second-order valence-electron chi connectivity index (χ2n) is 7.25. The van der Waals surface area contributed by atoms with Crippen LogP contribution in [0.15, 0.2) is 18.2 Å². The molecule has 1 N–H and O–H groups in total. The molecule has 2 aliphatic rings. The molecule has 0 unspecified atom stereocenters. The van der Waals surface area contributed by atoms with Crippen molar-refractivity contribution in [1.82, 2.24) is 4.90 Å². The predicted octanol–water partition coefficient (Wildman–Crippen LogP) is 2.94. The van der Waals surface area contributed by atoms with Crippen LogP contribution in [0.2, 0.25) is 0 Å². The van der Waals surface area contributed by atoms with Crippen molar-refractivity contribution in [3.8, 4) is 5.75 Å².